The molecule has 8 nitrogen and oxygen atoms in total. The Morgan fingerprint density at radius 2 is 0.952 bits per heavy atom. The van der Waals surface area contributed by atoms with Crippen molar-refractivity contribution in [3.63, 3.8) is 0 Å². The van der Waals surface area contributed by atoms with Crippen LogP contribution in [0, 0.1) is 41.5 Å². The molecule has 0 saturated carbocycles. The first-order valence-electron chi connectivity index (χ1n) is 13.3. The lowest BCUT2D eigenvalue weighted by Gasteiger charge is -2.16. The van der Waals surface area contributed by atoms with E-state index in [1.807, 2.05) is 65.8 Å². The molecule has 2 aliphatic rings. The Bertz CT molecular complexity index is 1420. The monoisotopic (exact) mass is 640 g/mol. The van der Waals surface area contributed by atoms with Crippen molar-refractivity contribution >= 4 is 91.6 Å². The van der Waals surface area contributed by atoms with Crippen LogP contribution in [-0.2, 0) is 19.2 Å². The van der Waals surface area contributed by atoms with Gasteiger partial charge >= 0.3 is 0 Å². The molecule has 2 saturated heterocycles. The molecule has 4 rings (SSSR count). The standard InChI is InChI=1S/C30H32N4O4S4/c1-15-11-17(3)23(18(4)12-15)31-21(35)7-9-33-27(37)25(41-29(33)39)26-28(38)34(30(40)42-26)10-8-22(36)32-24-19(5)13-16(2)14-20(24)6/h11-14H,7-10H2,1-6H3,(H,31,35)(H,32,36)/b26-25+. The van der Waals surface area contributed by atoms with Crippen molar-refractivity contribution in [1.29, 1.82) is 0 Å². The van der Waals surface area contributed by atoms with Gasteiger partial charge in [-0.3, -0.25) is 29.0 Å². The minimum atomic E-state index is -0.427. The van der Waals surface area contributed by atoms with E-state index in [1.165, 1.54) is 9.80 Å². The summed E-state index contributed by atoms with van der Waals surface area (Å²) in [7, 11) is 0. The van der Waals surface area contributed by atoms with E-state index in [1.54, 1.807) is 0 Å². The molecule has 0 aromatic heterocycles. The fourth-order valence-corrected chi connectivity index (χ4v) is 7.81. The van der Waals surface area contributed by atoms with Gasteiger partial charge in [0.2, 0.25) is 11.8 Å². The van der Waals surface area contributed by atoms with Crippen LogP contribution in [0.4, 0.5) is 11.4 Å². The zero-order valence-electron chi connectivity index (χ0n) is 24.3. The Morgan fingerprint density at radius 1 is 0.643 bits per heavy atom. The number of rotatable bonds is 8. The first-order chi connectivity index (χ1) is 19.8. The first kappa shape index (κ1) is 31.9. The molecule has 0 bridgehead atoms. The molecule has 220 valence electrons. The number of benzene rings is 2. The van der Waals surface area contributed by atoms with Gasteiger partial charge < -0.3 is 10.6 Å². The van der Waals surface area contributed by atoms with E-state index in [4.69, 9.17) is 24.4 Å². The lowest BCUT2D eigenvalue weighted by molar-refractivity contribution is -0.125. The molecule has 0 unspecified atom stereocenters. The average molecular weight is 641 g/mol. The molecule has 2 N–H and O–H groups in total. The van der Waals surface area contributed by atoms with Crippen LogP contribution >= 0.6 is 48.0 Å². The lowest BCUT2D eigenvalue weighted by atomic mass is 10.0. The normalized spacial score (nSPS) is 17.0. The van der Waals surface area contributed by atoms with Crippen LogP contribution in [0.3, 0.4) is 0 Å². The Kier molecular flexibility index (Phi) is 9.92. The van der Waals surface area contributed by atoms with E-state index < -0.39 is 11.8 Å². The summed E-state index contributed by atoms with van der Waals surface area (Å²) in [5.41, 5.74) is 7.61. The van der Waals surface area contributed by atoms with Crippen LogP contribution in [-0.4, -0.2) is 55.2 Å². The minimum Gasteiger partial charge on any atom is -0.326 e. The maximum Gasteiger partial charge on any atom is 0.267 e. The molecule has 2 heterocycles. The number of amides is 4. The highest BCUT2D eigenvalue weighted by Crippen LogP contribution is 2.42. The van der Waals surface area contributed by atoms with Crippen LogP contribution < -0.4 is 10.6 Å². The number of hydrogen-bond donors (Lipinski definition) is 2. The first-order valence-corrected chi connectivity index (χ1v) is 15.8. The van der Waals surface area contributed by atoms with E-state index in [2.05, 4.69) is 10.6 Å². The molecule has 42 heavy (non-hydrogen) atoms. The summed E-state index contributed by atoms with van der Waals surface area (Å²) in [5, 5.41) is 5.87. The Hall–Kier alpha value is -3.06. The van der Waals surface area contributed by atoms with Crippen LogP contribution in [0.1, 0.15) is 46.2 Å². The van der Waals surface area contributed by atoms with Gasteiger partial charge in [-0.05, 0) is 63.8 Å². The van der Waals surface area contributed by atoms with Crippen molar-refractivity contribution in [2.45, 2.75) is 54.4 Å². The average Bonchev–Trinajstić information content (AvgIpc) is 3.33. The zero-order chi connectivity index (χ0) is 30.9. The molecule has 2 aromatic rings. The minimum absolute atomic E-state index is 0.0441. The third-order valence-electron chi connectivity index (χ3n) is 6.91. The number of hydrogen-bond acceptors (Lipinski definition) is 8. The fraction of sp³-hybridized carbons (Fsp3) is 0.333. The Morgan fingerprint density at radius 3 is 1.26 bits per heavy atom. The maximum atomic E-state index is 13.3. The van der Waals surface area contributed by atoms with Gasteiger partial charge in [-0.25, -0.2) is 0 Å². The largest absolute Gasteiger partial charge is 0.326 e. The molecule has 0 spiro atoms. The van der Waals surface area contributed by atoms with E-state index in [9.17, 15) is 19.2 Å². The third-order valence-corrected chi connectivity index (χ3v) is 9.94. The summed E-state index contributed by atoms with van der Waals surface area (Å²) in [6, 6.07) is 8.00. The highest BCUT2D eigenvalue weighted by Gasteiger charge is 2.42. The topological polar surface area (TPSA) is 98.8 Å². The number of nitrogens with one attached hydrogen (secondary N) is 2. The smallest absolute Gasteiger partial charge is 0.267 e. The van der Waals surface area contributed by atoms with Crippen LogP contribution in [0.5, 0.6) is 0 Å². The summed E-state index contributed by atoms with van der Waals surface area (Å²) < 4.78 is 0.554. The summed E-state index contributed by atoms with van der Waals surface area (Å²) in [4.78, 5) is 55.1. The molecule has 4 amide bonds. The molecule has 12 heteroatoms. The summed E-state index contributed by atoms with van der Waals surface area (Å²) >= 11 is 12.9. The second kappa shape index (κ2) is 13.1. The zero-order valence-corrected chi connectivity index (χ0v) is 27.6. The number of thioether (sulfide) groups is 2. The molecular formula is C30H32N4O4S4. The number of aryl methyl sites for hydroxylation is 6. The molecule has 2 fully saturated rings. The SMILES string of the molecule is Cc1cc(C)c(NC(=O)CCN2C(=O)/C(=C3\SC(=S)N(CCC(=O)Nc4c(C)cc(C)cc4C)C3=O)SC2=S)c(C)c1. The van der Waals surface area contributed by atoms with Crippen molar-refractivity contribution in [3.8, 4) is 0 Å². The second-order valence-electron chi connectivity index (χ2n) is 10.5. The van der Waals surface area contributed by atoms with E-state index in [0.29, 0.717) is 0 Å². The Balaban J connectivity index is 1.37. The van der Waals surface area contributed by atoms with Gasteiger partial charge in [0.15, 0.2) is 0 Å². The van der Waals surface area contributed by atoms with E-state index in [-0.39, 0.29) is 56.2 Å². The molecular weight excluding hydrogens is 609 g/mol. The van der Waals surface area contributed by atoms with E-state index >= 15 is 0 Å². The van der Waals surface area contributed by atoms with Crippen molar-refractivity contribution in [2.24, 2.45) is 0 Å². The molecule has 0 radical (unpaired) electrons. The van der Waals surface area contributed by atoms with Crippen molar-refractivity contribution in [3.05, 3.63) is 67.5 Å². The maximum absolute atomic E-state index is 13.3. The van der Waals surface area contributed by atoms with Gasteiger partial charge in [0.05, 0.1) is 9.81 Å². The number of carbonyl (C=O) groups excluding carboxylic acids is 4. The number of carbonyl (C=O) groups is 4. The predicted molar refractivity (Wildman–Crippen MR) is 179 cm³/mol. The fourth-order valence-electron chi connectivity index (χ4n) is 5.04. The number of nitrogens with zero attached hydrogens (tertiary/aromatic N) is 2. The van der Waals surface area contributed by atoms with Crippen molar-refractivity contribution in [2.75, 3.05) is 23.7 Å². The molecule has 2 aromatic carbocycles. The Labute approximate surface area is 265 Å². The molecule has 2 aliphatic heterocycles. The second-order valence-corrected chi connectivity index (χ2v) is 13.7. The van der Waals surface area contributed by atoms with Gasteiger partial charge in [0.25, 0.3) is 11.8 Å². The number of anilines is 2. The summed E-state index contributed by atoms with van der Waals surface area (Å²) in [6.07, 6.45) is 0.0883. The van der Waals surface area contributed by atoms with Gasteiger partial charge in [0, 0.05) is 37.3 Å². The lowest BCUT2D eigenvalue weighted by Crippen LogP contribution is -2.33. The van der Waals surface area contributed by atoms with Crippen molar-refractivity contribution in [1.82, 2.24) is 9.80 Å². The number of thiocarbonyl (C=S) groups is 2. The highest BCUT2D eigenvalue weighted by molar-refractivity contribution is 8.29. The van der Waals surface area contributed by atoms with Gasteiger partial charge in [-0.2, -0.15) is 0 Å². The van der Waals surface area contributed by atoms with Crippen LogP contribution in [0.15, 0.2) is 34.1 Å². The summed E-state index contributed by atoms with van der Waals surface area (Å²) in [6.45, 7) is 11.9. The predicted octanol–water partition coefficient (Wildman–Crippen LogP) is 5.83. The van der Waals surface area contributed by atoms with Crippen molar-refractivity contribution < 1.29 is 19.2 Å². The van der Waals surface area contributed by atoms with E-state index in [0.717, 1.165) is 68.3 Å². The third kappa shape index (κ3) is 6.94. The van der Waals surface area contributed by atoms with Gasteiger partial charge in [-0.1, -0.05) is 83.4 Å². The molecule has 0 aliphatic carbocycles. The van der Waals surface area contributed by atoms with Gasteiger partial charge in [-0.15, -0.1) is 0 Å². The van der Waals surface area contributed by atoms with Crippen LogP contribution in [0.25, 0.3) is 0 Å². The summed E-state index contributed by atoms with van der Waals surface area (Å²) in [5.74, 6) is -1.33. The quantitative estimate of drug-likeness (QED) is 0.275. The highest BCUT2D eigenvalue weighted by atomic mass is 32.2. The van der Waals surface area contributed by atoms with Crippen LogP contribution in [0.2, 0.25) is 0 Å². The molecule has 0 atom stereocenters. The van der Waals surface area contributed by atoms with Gasteiger partial charge in [0.1, 0.15) is 8.64 Å².